The van der Waals surface area contributed by atoms with Crippen molar-refractivity contribution in [3.63, 3.8) is 0 Å². The van der Waals surface area contributed by atoms with Gasteiger partial charge >= 0.3 is 455 Å². The summed E-state index contributed by atoms with van der Waals surface area (Å²) >= 11 is -4.68. The second-order valence-electron chi connectivity index (χ2n) is 20.1. The summed E-state index contributed by atoms with van der Waals surface area (Å²) in [6.45, 7) is 0. The van der Waals surface area contributed by atoms with Crippen molar-refractivity contribution in [1.29, 1.82) is 0 Å². The molecular weight excluding hydrogens is 1100 g/mol. The summed E-state index contributed by atoms with van der Waals surface area (Å²) in [5.41, 5.74) is 12.9. The van der Waals surface area contributed by atoms with Crippen molar-refractivity contribution in [2.24, 2.45) is 0 Å². The van der Waals surface area contributed by atoms with Crippen LogP contribution < -0.4 is 14.3 Å². The Kier molecular flexibility index (Phi) is 14.9. The van der Waals surface area contributed by atoms with E-state index in [2.05, 4.69) is 97.1 Å². The summed E-state index contributed by atoms with van der Waals surface area (Å²) in [4.78, 5) is 57.3. The molecule has 0 saturated heterocycles. The normalized spacial score (nSPS) is 11.2. The van der Waals surface area contributed by atoms with Gasteiger partial charge in [0.05, 0.1) is 0 Å². The van der Waals surface area contributed by atoms with Crippen LogP contribution in [0.15, 0.2) is 315 Å². The van der Waals surface area contributed by atoms with E-state index < -0.39 is 18.4 Å². The maximum absolute atomic E-state index is 14.3. The molecule has 0 heterocycles. The molecule has 0 atom stereocenters. The molecule has 0 fully saturated rings. The summed E-state index contributed by atoms with van der Waals surface area (Å²) in [7, 11) is 0. The van der Waals surface area contributed by atoms with Gasteiger partial charge in [-0.15, -0.1) is 0 Å². The van der Waals surface area contributed by atoms with Crippen LogP contribution >= 0.6 is 0 Å². The van der Waals surface area contributed by atoms with Crippen molar-refractivity contribution in [3.8, 4) is 44.5 Å². The molecule has 0 amide bonds. The van der Waals surface area contributed by atoms with Gasteiger partial charge in [-0.1, -0.05) is 24.3 Å². The first-order valence-corrected chi connectivity index (χ1v) is 32.7. The van der Waals surface area contributed by atoms with Crippen LogP contribution in [0.4, 0.5) is 0 Å². The van der Waals surface area contributed by atoms with Gasteiger partial charge in [0.25, 0.3) is 0 Å². The standard InChI is InChI=1S/4C19H13O.Sn/c4*20-19(17-9-5-2-6-10-17)18-13-11-16(12-14-18)15-7-3-1-4-8-15;/h4*1,3-14H;. The van der Waals surface area contributed by atoms with Gasteiger partial charge in [0.2, 0.25) is 0 Å². The second kappa shape index (κ2) is 23.2. The quantitative estimate of drug-likeness (QED) is 0.0714. The van der Waals surface area contributed by atoms with Crippen LogP contribution in [0.1, 0.15) is 63.7 Å². The predicted molar refractivity (Wildman–Crippen MR) is 331 cm³/mol. The van der Waals surface area contributed by atoms with Crippen LogP contribution in [0.3, 0.4) is 0 Å². The average molecular weight is 1150 g/mol. The number of benzene rings is 12. The molecule has 384 valence electrons. The van der Waals surface area contributed by atoms with Gasteiger partial charge in [0.15, 0.2) is 0 Å². The van der Waals surface area contributed by atoms with E-state index in [0.29, 0.717) is 44.5 Å². The van der Waals surface area contributed by atoms with Gasteiger partial charge in [0.1, 0.15) is 0 Å². The molecule has 81 heavy (non-hydrogen) atoms. The zero-order valence-electron chi connectivity index (χ0n) is 44.2. The van der Waals surface area contributed by atoms with E-state index in [-0.39, 0.29) is 23.1 Å². The third-order valence-electron chi connectivity index (χ3n) is 15.3. The molecular formula is C76H52O4Sn. The van der Waals surface area contributed by atoms with Crippen molar-refractivity contribution >= 4 is 55.8 Å². The van der Waals surface area contributed by atoms with Gasteiger partial charge < -0.3 is 0 Å². The first-order valence-electron chi connectivity index (χ1n) is 27.0. The third kappa shape index (κ3) is 10.7. The number of carbonyl (C=O) groups excluding carboxylic acids is 4. The molecule has 0 aliphatic rings. The van der Waals surface area contributed by atoms with Crippen LogP contribution in [0.25, 0.3) is 44.5 Å². The van der Waals surface area contributed by atoms with Crippen LogP contribution in [0.2, 0.25) is 0 Å². The Bertz CT molecular complexity index is 3610. The van der Waals surface area contributed by atoms with Crippen molar-refractivity contribution in [2.75, 3.05) is 0 Å². The number of carbonyl (C=O) groups is 4. The van der Waals surface area contributed by atoms with Crippen molar-refractivity contribution in [1.82, 2.24) is 0 Å². The Morgan fingerprint density at radius 1 is 0.160 bits per heavy atom. The Morgan fingerprint density at radius 3 is 0.457 bits per heavy atom. The Balaban J connectivity index is 0.955. The van der Waals surface area contributed by atoms with Crippen LogP contribution in [-0.4, -0.2) is 41.5 Å². The molecule has 0 aliphatic heterocycles. The zero-order chi connectivity index (χ0) is 55.1. The first kappa shape index (κ1) is 51.9. The van der Waals surface area contributed by atoms with E-state index in [1.807, 2.05) is 218 Å². The first-order chi connectivity index (χ1) is 39.8. The Labute approximate surface area is 476 Å². The topological polar surface area (TPSA) is 68.3 Å². The van der Waals surface area contributed by atoms with Crippen molar-refractivity contribution in [3.05, 3.63) is 360 Å². The van der Waals surface area contributed by atoms with Gasteiger partial charge in [-0.25, -0.2) is 0 Å². The number of ketones is 4. The Morgan fingerprint density at radius 2 is 0.296 bits per heavy atom. The molecule has 0 aliphatic carbocycles. The van der Waals surface area contributed by atoms with Crippen LogP contribution in [0.5, 0.6) is 0 Å². The van der Waals surface area contributed by atoms with E-state index in [4.69, 9.17) is 0 Å². The summed E-state index contributed by atoms with van der Waals surface area (Å²) in [6.07, 6.45) is 0. The molecule has 12 rings (SSSR count). The van der Waals surface area contributed by atoms with Gasteiger partial charge in [0, 0.05) is 0 Å². The maximum atomic E-state index is 14.3. The molecule has 0 bridgehead atoms. The van der Waals surface area contributed by atoms with Crippen LogP contribution in [0, 0.1) is 0 Å². The fourth-order valence-electron chi connectivity index (χ4n) is 10.9. The molecule has 0 radical (unpaired) electrons. The molecule has 0 spiro atoms. The molecule has 12 aromatic carbocycles. The van der Waals surface area contributed by atoms with Gasteiger partial charge in [-0.2, -0.15) is 0 Å². The minimum absolute atomic E-state index is 0.0963. The molecule has 0 N–H and O–H groups in total. The minimum atomic E-state index is -4.68. The van der Waals surface area contributed by atoms with Crippen LogP contribution in [-0.2, 0) is 0 Å². The van der Waals surface area contributed by atoms with Crippen molar-refractivity contribution in [2.45, 2.75) is 0 Å². The Hall–Kier alpha value is -9.88. The third-order valence-corrected chi connectivity index (χ3v) is 29.0. The second-order valence-corrected chi connectivity index (χ2v) is 31.0. The SMILES string of the molecule is O=C(c1ccc(-c2ccccc2)cc1)c1cc[c]([Sn]([c]2ccc(C(=O)c3ccc(-c4ccccc4)cc3)cc2)([c]2ccc(C(=O)c3ccc(-c4ccccc4)cc3)cc2)[c]2ccc(C(=O)c3ccc(-c4ccccc4)cc3)cc2)cc1. The average Bonchev–Trinajstić information content (AvgIpc) is 3.69. The monoisotopic (exact) mass is 1150 g/mol. The van der Waals surface area contributed by atoms with E-state index in [1.54, 1.807) is 0 Å². The molecule has 5 heteroatoms. The van der Waals surface area contributed by atoms with E-state index in [1.165, 1.54) is 0 Å². The van der Waals surface area contributed by atoms with Crippen molar-refractivity contribution < 1.29 is 19.2 Å². The molecule has 0 saturated carbocycles. The number of rotatable bonds is 16. The number of hydrogen-bond donors (Lipinski definition) is 0. The molecule has 0 aromatic heterocycles. The summed E-state index contributed by atoms with van der Waals surface area (Å²) < 4.78 is 4.12. The summed E-state index contributed by atoms with van der Waals surface area (Å²) in [5.74, 6) is -0.385. The predicted octanol–water partition coefficient (Wildman–Crippen LogP) is 14.7. The summed E-state index contributed by atoms with van der Waals surface area (Å²) in [5, 5.41) is 0. The van der Waals surface area contributed by atoms with Gasteiger partial charge in [-0.05, 0) is 0 Å². The van der Waals surface area contributed by atoms with Gasteiger partial charge in [-0.3, -0.25) is 0 Å². The molecule has 4 nitrogen and oxygen atoms in total. The fraction of sp³-hybridized carbons (Fsp3) is 0. The summed E-state index contributed by atoms with van der Waals surface area (Å²) in [6, 6.07) is 103. The van der Waals surface area contributed by atoms with E-state index in [9.17, 15) is 19.2 Å². The van der Waals surface area contributed by atoms with E-state index in [0.717, 1.165) is 58.8 Å². The number of hydrogen-bond acceptors (Lipinski definition) is 4. The fourth-order valence-corrected chi connectivity index (χ4v) is 24.3. The molecule has 0 unspecified atom stereocenters. The molecule has 12 aromatic rings. The van der Waals surface area contributed by atoms with E-state index >= 15 is 0 Å². The zero-order valence-corrected chi connectivity index (χ0v) is 47.0.